The molecule has 136 valence electrons. The predicted octanol–water partition coefficient (Wildman–Crippen LogP) is 3.48. The molecule has 1 fully saturated rings. The van der Waals surface area contributed by atoms with Crippen LogP contribution in [-0.2, 0) is 13.6 Å². The Bertz CT molecular complexity index is 875. The Balaban J connectivity index is 1.39. The molecule has 1 aliphatic rings. The Morgan fingerprint density at radius 2 is 1.77 bits per heavy atom. The standard InChI is InChI=1S/C20H25N5S/c1-15-18(16(2)23(3)22-15)13-24-9-11-25(12-10-24)20-21-19(14-26-20)17-7-5-4-6-8-17/h4-8,14H,9-13H2,1-3H3. The number of anilines is 1. The van der Waals surface area contributed by atoms with Gasteiger partial charge in [0, 0.05) is 62.0 Å². The zero-order valence-electron chi connectivity index (χ0n) is 15.6. The molecule has 0 aliphatic carbocycles. The molecule has 5 nitrogen and oxygen atoms in total. The zero-order chi connectivity index (χ0) is 18.1. The van der Waals surface area contributed by atoms with E-state index in [4.69, 9.17) is 4.98 Å². The molecule has 1 aliphatic heterocycles. The molecule has 4 rings (SSSR count). The van der Waals surface area contributed by atoms with E-state index in [1.807, 2.05) is 17.8 Å². The van der Waals surface area contributed by atoms with Gasteiger partial charge in [-0.25, -0.2) is 4.98 Å². The molecule has 6 heteroatoms. The van der Waals surface area contributed by atoms with Crippen LogP contribution < -0.4 is 4.90 Å². The minimum Gasteiger partial charge on any atom is -0.346 e. The SMILES string of the molecule is Cc1nn(C)c(C)c1CN1CCN(c2nc(-c3ccccc3)cs2)CC1. The van der Waals surface area contributed by atoms with E-state index in [1.54, 1.807) is 11.3 Å². The largest absolute Gasteiger partial charge is 0.346 e. The fraction of sp³-hybridized carbons (Fsp3) is 0.400. The Labute approximate surface area is 158 Å². The number of hydrogen-bond acceptors (Lipinski definition) is 5. The van der Waals surface area contributed by atoms with Crippen molar-refractivity contribution in [1.29, 1.82) is 0 Å². The summed E-state index contributed by atoms with van der Waals surface area (Å²) in [6, 6.07) is 10.4. The van der Waals surface area contributed by atoms with Crippen LogP contribution in [0.3, 0.4) is 0 Å². The van der Waals surface area contributed by atoms with Crippen LogP contribution in [0, 0.1) is 13.8 Å². The third-order valence-corrected chi connectivity index (χ3v) is 6.15. The zero-order valence-corrected chi connectivity index (χ0v) is 16.5. The van der Waals surface area contributed by atoms with Gasteiger partial charge in [0.15, 0.2) is 5.13 Å². The Morgan fingerprint density at radius 1 is 1.04 bits per heavy atom. The van der Waals surface area contributed by atoms with Crippen molar-refractivity contribution >= 4 is 16.5 Å². The maximum absolute atomic E-state index is 4.86. The molecule has 0 saturated carbocycles. The Kier molecular flexibility index (Phi) is 4.78. The second-order valence-electron chi connectivity index (χ2n) is 6.92. The molecule has 0 spiro atoms. The number of aromatic nitrogens is 3. The molecule has 0 bridgehead atoms. The van der Waals surface area contributed by atoms with Crippen molar-refractivity contribution in [3.63, 3.8) is 0 Å². The molecule has 0 unspecified atom stereocenters. The molecule has 0 N–H and O–H groups in total. The van der Waals surface area contributed by atoms with E-state index in [0.717, 1.165) is 49.2 Å². The fourth-order valence-corrected chi connectivity index (χ4v) is 4.41. The number of hydrogen-bond donors (Lipinski definition) is 0. The van der Waals surface area contributed by atoms with Gasteiger partial charge in [0.25, 0.3) is 0 Å². The molecule has 0 atom stereocenters. The molecule has 26 heavy (non-hydrogen) atoms. The summed E-state index contributed by atoms with van der Waals surface area (Å²) < 4.78 is 1.99. The molecule has 2 aromatic heterocycles. The third-order valence-electron chi connectivity index (χ3n) is 5.25. The van der Waals surface area contributed by atoms with Crippen molar-refractivity contribution in [1.82, 2.24) is 19.7 Å². The first-order chi connectivity index (χ1) is 12.6. The second kappa shape index (κ2) is 7.21. The number of rotatable bonds is 4. The van der Waals surface area contributed by atoms with Crippen molar-refractivity contribution in [3.8, 4) is 11.3 Å². The van der Waals surface area contributed by atoms with Crippen molar-refractivity contribution in [2.24, 2.45) is 7.05 Å². The number of benzene rings is 1. The molecule has 1 aromatic carbocycles. The summed E-state index contributed by atoms with van der Waals surface area (Å²) in [6.07, 6.45) is 0. The number of nitrogens with zero attached hydrogens (tertiary/aromatic N) is 5. The van der Waals surface area contributed by atoms with Gasteiger partial charge in [-0.1, -0.05) is 30.3 Å². The number of aryl methyl sites for hydroxylation is 2. The van der Waals surface area contributed by atoms with E-state index in [2.05, 4.69) is 58.4 Å². The lowest BCUT2D eigenvalue weighted by molar-refractivity contribution is 0.249. The fourth-order valence-electron chi connectivity index (χ4n) is 3.52. The lowest BCUT2D eigenvalue weighted by Crippen LogP contribution is -2.46. The summed E-state index contributed by atoms with van der Waals surface area (Å²) in [5.41, 5.74) is 6.07. The van der Waals surface area contributed by atoms with E-state index in [1.165, 1.54) is 16.8 Å². The summed E-state index contributed by atoms with van der Waals surface area (Å²) in [4.78, 5) is 9.80. The van der Waals surface area contributed by atoms with Gasteiger partial charge in [0.1, 0.15) is 0 Å². The maximum Gasteiger partial charge on any atom is 0.185 e. The average Bonchev–Trinajstić information content (AvgIpc) is 3.24. The van der Waals surface area contributed by atoms with Crippen LogP contribution in [0.2, 0.25) is 0 Å². The molecular formula is C20H25N5S. The smallest absolute Gasteiger partial charge is 0.185 e. The lowest BCUT2D eigenvalue weighted by Gasteiger charge is -2.34. The summed E-state index contributed by atoms with van der Waals surface area (Å²) in [5.74, 6) is 0. The van der Waals surface area contributed by atoms with Gasteiger partial charge in [0.05, 0.1) is 11.4 Å². The first-order valence-corrected chi connectivity index (χ1v) is 9.97. The van der Waals surface area contributed by atoms with E-state index in [0.29, 0.717) is 0 Å². The van der Waals surface area contributed by atoms with Gasteiger partial charge >= 0.3 is 0 Å². The molecule has 0 radical (unpaired) electrons. The van der Waals surface area contributed by atoms with E-state index in [9.17, 15) is 0 Å². The second-order valence-corrected chi connectivity index (χ2v) is 7.75. The number of thiazole rings is 1. The van der Waals surface area contributed by atoms with Crippen LogP contribution in [0.15, 0.2) is 35.7 Å². The van der Waals surface area contributed by atoms with Crippen molar-refractivity contribution in [2.45, 2.75) is 20.4 Å². The molecule has 0 amide bonds. The summed E-state index contributed by atoms with van der Waals surface area (Å²) >= 11 is 1.75. The summed E-state index contributed by atoms with van der Waals surface area (Å²) in [5, 5.41) is 7.84. The molecule has 1 saturated heterocycles. The summed E-state index contributed by atoms with van der Waals surface area (Å²) in [7, 11) is 2.02. The van der Waals surface area contributed by atoms with Gasteiger partial charge in [0.2, 0.25) is 0 Å². The quantitative estimate of drug-likeness (QED) is 0.707. The highest BCUT2D eigenvalue weighted by atomic mass is 32.1. The van der Waals surface area contributed by atoms with Crippen molar-refractivity contribution < 1.29 is 0 Å². The first kappa shape index (κ1) is 17.2. The van der Waals surface area contributed by atoms with Crippen LogP contribution in [-0.4, -0.2) is 45.8 Å². The average molecular weight is 368 g/mol. The van der Waals surface area contributed by atoms with Gasteiger partial charge in [-0.05, 0) is 13.8 Å². The van der Waals surface area contributed by atoms with Crippen LogP contribution >= 0.6 is 11.3 Å². The minimum atomic E-state index is 0.993. The van der Waals surface area contributed by atoms with Crippen molar-refractivity contribution in [2.75, 3.05) is 31.1 Å². The monoisotopic (exact) mass is 367 g/mol. The Hall–Kier alpha value is -2.18. The van der Waals surface area contributed by atoms with Gasteiger partial charge in [-0.2, -0.15) is 5.10 Å². The van der Waals surface area contributed by atoms with Gasteiger partial charge in [-0.15, -0.1) is 11.3 Å². The highest BCUT2D eigenvalue weighted by Crippen LogP contribution is 2.28. The van der Waals surface area contributed by atoms with Crippen LogP contribution in [0.25, 0.3) is 11.3 Å². The van der Waals surface area contributed by atoms with Gasteiger partial charge < -0.3 is 4.90 Å². The molecule has 3 heterocycles. The van der Waals surface area contributed by atoms with Gasteiger partial charge in [-0.3, -0.25) is 9.58 Å². The minimum absolute atomic E-state index is 0.993. The highest BCUT2D eigenvalue weighted by Gasteiger charge is 2.21. The molecule has 3 aromatic rings. The number of piperazine rings is 1. The normalized spacial score (nSPS) is 15.6. The van der Waals surface area contributed by atoms with Crippen molar-refractivity contribution in [3.05, 3.63) is 52.7 Å². The maximum atomic E-state index is 4.86. The van der Waals surface area contributed by atoms with Crippen LogP contribution in [0.4, 0.5) is 5.13 Å². The summed E-state index contributed by atoms with van der Waals surface area (Å²) in [6.45, 7) is 9.44. The Morgan fingerprint density at radius 3 is 2.42 bits per heavy atom. The first-order valence-electron chi connectivity index (χ1n) is 9.09. The van der Waals surface area contributed by atoms with E-state index in [-0.39, 0.29) is 0 Å². The topological polar surface area (TPSA) is 37.2 Å². The van der Waals surface area contributed by atoms with Crippen LogP contribution in [0.1, 0.15) is 17.0 Å². The predicted molar refractivity (Wildman–Crippen MR) is 108 cm³/mol. The lowest BCUT2D eigenvalue weighted by atomic mass is 10.1. The van der Waals surface area contributed by atoms with E-state index >= 15 is 0 Å². The van der Waals surface area contributed by atoms with E-state index < -0.39 is 0 Å². The highest BCUT2D eigenvalue weighted by molar-refractivity contribution is 7.14. The third kappa shape index (κ3) is 3.39. The molecular weight excluding hydrogens is 342 g/mol. The van der Waals surface area contributed by atoms with Crippen LogP contribution in [0.5, 0.6) is 0 Å².